The van der Waals surface area contributed by atoms with Crippen LogP contribution in [-0.4, -0.2) is 40.8 Å². The Labute approximate surface area is 187 Å². The first-order valence-electron chi connectivity index (χ1n) is 10.1. The summed E-state index contributed by atoms with van der Waals surface area (Å²) in [6, 6.07) is 13.3. The molecule has 5 rings (SSSR count). The minimum Gasteiger partial charge on any atom is -0.348 e. The van der Waals surface area contributed by atoms with Gasteiger partial charge >= 0.3 is 0 Å². The Balaban J connectivity index is 1.57. The molecule has 0 aliphatic carbocycles. The highest BCUT2D eigenvalue weighted by Gasteiger charge is 2.23. The Hall–Kier alpha value is -3.04. The van der Waals surface area contributed by atoms with Crippen LogP contribution in [0.3, 0.4) is 0 Å². The number of amides is 1. The van der Waals surface area contributed by atoms with Gasteiger partial charge in [0.05, 0.1) is 9.58 Å². The van der Waals surface area contributed by atoms with Crippen LogP contribution in [0.1, 0.15) is 12.8 Å². The molecule has 9 heteroatoms. The van der Waals surface area contributed by atoms with E-state index >= 15 is 0 Å². The van der Waals surface area contributed by atoms with E-state index in [-0.39, 0.29) is 18.0 Å². The van der Waals surface area contributed by atoms with Crippen LogP contribution >= 0.6 is 22.7 Å². The number of fused-ring (bicyclic) bond motifs is 1. The first-order valence-corrected chi connectivity index (χ1v) is 11.8. The van der Waals surface area contributed by atoms with Gasteiger partial charge in [0.25, 0.3) is 5.56 Å². The minimum absolute atomic E-state index is 0.144. The van der Waals surface area contributed by atoms with Crippen molar-refractivity contribution in [3.63, 3.8) is 0 Å². The van der Waals surface area contributed by atoms with Crippen molar-refractivity contribution in [1.29, 1.82) is 0 Å². The van der Waals surface area contributed by atoms with Gasteiger partial charge in [0.15, 0.2) is 10.6 Å². The molecular formula is C22H21N5O2S2. The molecule has 0 atom stereocenters. The molecule has 1 fully saturated rings. The number of nitrogens with zero attached hydrogens (tertiary/aromatic N) is 5. The zero-order chi connectivity index (χ0) is 21.4. The summed E-state index contributed by atoms with van der Waals surface area (Å²) in [5, 5.41) is 7.46. The van der Waals surface area contributed by atoms with Crippen LogP contribution < -0.4 is 15.4 Å². The fraction of sp³-hybridized carbons (Fsp3) is 0.273. The van der Waals surface area contributed by atoms with Gasteiger partial charge in [-0.3, -0.25) is 9.59 Å². The maximum absolute atomic E-state index is 13.2. The van der Waals surface area contributed by atoms with Gasteiger partial charge in [0.1, 0.15) is 12.2 Å². The molecule has 1 aromatic carbocycles. The van der Waals surface area contributed by atoms with Crippen molar-refractivity contribution in [2.24, 2.45) is 0 Å². The SMILES string of the molecule is CN(C(=O)Cn1nc(-c2cccs2)c2sc(N3CCCC3)nc2c1=O)c1ccccc1. The summed E-state index contributed by atoms with van der Waals surface area (Å²) < 4.78 is 2.04. The molecule has 0 bridgehead atoms. The van der Waals surface area contributed by atoms with Crippen LogP contribution in [0.2, 0.25) is 0 Å². The van der Waals surface area contributed by atoms with Crippen LogP contribution in [-0.2, 0) is 11.3 Å². The van der Waals surface area contributed by atoms with E-state index in [0.29, 0.717) is 11.2 Å². The molecule has 158 valence electrons. The number of rotatable bonds is 5. The van der Waals surface area contributed by atoms with Crippen molar-refractivity contribution in [2.75, 3.05) is 29.9 Å². The quantitative estimate of drug-likeness (QED) is 0.461. The zero-order valence-corrected chi connectivity index (χ0v) is 18.7. The number of hydrogen-bond donors (Lipinski definition) is 0. The summed E-state index contributed by atoms with van der Waals surface area (Å²) in [6.07, 6.45) is 2.27. The maximum atomic E-state index is 13.2. The number of carbonyl (C=O) groups excluding carboxylic acids is 1. The Kier molecular flexibility index (Phi) is 5.29. The third-order valence-electron chi connectivity index (χ3n) is 5.42. The standard InChI is InChI=1S/C22H21N5O2S2/c1-25(15-8-3-2-4-9-15)17(28)14-27-21(29)19-20(18(24-27)16-10-7-13-30-16)31-22(23-19)26-11-5-6-12-26/h2-4,7-10,13H,5-6,11-12,14H2,1H3. The predicted molar refractivity (Wildman–Crippen MR) is 126 cm³/mol. The summed E-state index contributed by atoms with van der Waals surface area (Å²) in [5.74, 6) is -0.215. The number of likely N-dealkylation sites (N-methyl/N-ethyl adjacent to an activating group) is 1. The maximum Gasteiger partial charge on any atom is 0.294 e. The van der Waals surface area contributed by atoms with Gasteiger partial charge < -0.3 is 9.80 Å². The monoisotopic (exact) mass is 451 g/mol. The molecule has 3 aromatic heterocycles. The van der Waals surface area contributed by atoms with E-state index in [0.717, 1.165) is 46.3 Å². The van der Waals surface area contributed by atoms with Crippen molar-refractivity contribution < 1.29 is 4.79 Å². The predicted octanol–water partition coefficient (Wildman–Crippen LogP) is 3.84. The van der Waals surface area contributed by atoms with E-state index in [1.807, 2.05) is 47.8 Å². The molecule has 0 spiro atoms. The van der Waals surface area contributed by atoms with E-state index in [2.05, 4.69) is 15.0 Å². The Morgan fingerprint density at radius 1 is 1.13 bits per heavy atom. The summed E-state index contributed by atoms with van der Waals surface area (Å²) in [7, 11) is 1.70. The summed E-state index contributed by atoms with van der Waals surface area (Å²) >= 11 is 3.08. The lowest BCUT2D eigenvalue weighted by Crippen LogP contribution is -2.35. The summed E-state index contributed by atoms with van der Waals surface area (Å²) in [4.78, 5) is 35.6. The fourth-order valence-corrected chi connectivity index (χ4v) is 5.59. The second-order valence-corrected chi connectivity index (χ2v) is 9.37. The lowest BCUT2D eigenvalue weighted by molar-refractivity contribution is -0.119. The number of thiophene rings is 1. The van der Waals surface area contributed by atoms with Crippen molar-refractivity contribution in [2.45, 2.75) is 19.4 Å². The molecule has 0 unspecified atom stereocenters. The molecule has 0 N–H and O–H groups in total. The second-order valence-electron chi connectivity index (χ2n) is 7.45. The zero-order valence-electron chi connectivity index (χ0n) is 17.0. The minimum atomic E-state index is -0.327. The average Bonchev–Trinajstić information content (AvgIpc) is 3.56. The van der Waals surface area contributed by atoms with Gasteiger partial charge in [0, 0.05) is 25.8 Å². The van der Waals surface area contributed by atoms with Gasteiger partial charge in [-0.15, -0.1) is 11.3 Å². The molecule has 1 amide bonds. The van der Waals surface area contributed by atoms with Crippen molar-refractivity contribution in [3.05, 3.63) is 58.2 Å². The first-order chi connectivity index (χ1) is 15.1. The second kappa shape index (κ2) is 8.24. The largest absolute Gasteiger partial charge is 0.348 e. The molecule has 4 heterocycles. The smallest absolute Gasteiger partial charge is 0.294 e. The number of benzene rings is 1. The number of aromatic nitrogens is 3. The lowest BCUT2D eigenvalue weighted by atomic mass is 10.3. The average molecular weight is 452 g/mol. The molecule has 0 radical (unpaired) electrons. The summed E-state index contributed by atoms with van der Waals surface area (Å²) in [6.45, 7) is 1.77. The van der Waals surface area contributed by atoms with Crippen LogP contribution in [0.4, 0.5) is 10.8 Å². The normalized spacial score (nSPS) is 13.8. The Bertz CT molecular complexity index is 1270. The highest BCUT2D eigenvalue weighted by molar-refractivity contribution is 7.23. The number of anilines is 2. The van der Waals surface area contributed by atoms with E-state index < -0.39 is 0 Å². The highest BCUT2D eigenvalue weighted by Crippen LogP contribution is 2.36. The molecule has 1 aliphatic heterocycles. The summed E-state index contributed by atoms with van der Waals surface area (Å²) in [5.41, 5.74) is 1.54. The molecule has 4 aromatic rings. The third-order valence-corrected chi connectivity index (χ3v) is 7.42. The lowest BCUT2D eigenvalue weighted by Gasteiger charge is -2.17. The number of carbonyl (C=O) groups is 1. The fourth-order valence-electron chi connectivity index (χ4n) is 3.70. The highest BCUT2D eigenvalue weighted by atomic mass is 32.1. The molecule has 31 heavy (non-hydrogen) atoms. The topological polar surface area (TPSA) is 71.3 Å². The molecule has 0 saturated carbocycles. The third kappa shape index (κ3) is 3.75. The van der Waals surface area contributed by atoms with E-state index in [4.69, 9.17) is 0 Å². The van der Waals surface area contributed by atoms with Crippen molar-refractivity contribution in [1.82, 2.24) is 14.8 Å². The number of hydrogen-bond acceptors (Lipinski definition) is 7. The molecular weight excluding hydrogens is 430 g/mol. The van der Waals surface area contributed by atoms with Gasteiger partial charge in [-0.1, -0.05) is 35.6 Å². The number of para-hydroxylation sites is 1. The van der Waals surface area contributed by atoms with Crippen LogP contribution in [0, 0.1) is 0 Å². The van der Waals surface area contributed by atoms with E-state index in [1.54, 1.807) is 23.3 Å². The first kappa shape index (κ1) is 19.9. The Morgan fingerprint density at radius 2 is 1.90 bits per heavy atom. The van der Waals surface area contributed by atoms with Gasteiger partial charge in [-0.25, -0.2) is 9.67 Å². The van der Waals surface area contributed by atoms with Gasteiger partial charge in [-0.05, 0) is 36.4 Å². The number of thiazole rings is 1. The molecule has 1 saturated heterocycles. The van der Waals surface area contributed by atoms with E-state index in [9.17, 15) is 9.59 Å². The van der Waals surface area contributed by atoms with Crippen LogP contribution in [0.15, 0.2) is 52.6 Å². The van der Waals surface area contributed by atoms with Gasteiger partial charge in [0.2, 0.25) is 5.91 Å². The molecule has 1 aliphatic rings. The van der Waals surface area contributed by atoms with Crippen LogP contribution in [0.5, 0.6) is 0 Å². The Morgan fingerprint density at radius 3 is 2.61 bits per heavy atom. The van der Waals surface area contributed by atoms with Gasteiger partial charge in [-0.2, -0.15) is 5.10 Å². The van der Waals surface area contributed by atoms with E-state index in [1.165, 1.54) is 16.0 Å². The van der Waals surface area contributed by atoms with Crippen molar-refractivity contribution in [3.8, 4) is 10.6 Å². The molecule has 7 nitrogen and oxygen atoms in total. The van der Waals surface area contributed by atoms with Crippen molar-refractivity contribution >= 4 is 49.6 Å². The van der Waals surface area contributed by atoms with Crippen LogP contribution in [0.25, 0.3) is 20.8 Å².